The summed E-state index contributed by atoms with van der Waals surface area (Å²) in [4.78, 5) is 12.5. The first-order valence-corrected chi connectivity index (χ1v) is 6.44. The van der Waals surface area contributed by atoms with Crippen molar-refractivity contribution in [1.29, 1.82) is 5.26 Å². The smallest absolute Gasteiger partial charge is 0.368 e. The Morgan fingerprint density at radius 3 is 2.57 bits per heavy atom. The van der Waals surface area contributed by atoms with Gasteiger partial charge >= 0.3 is 6.18 Å². The number of nitrogens with two attached hydrogens (primary N) is 1. The van der Waals surface area contributed by atoms with Crippen LogP contribution in [0.2, 0.25) is 0 Å². The zero-order valence-corrected chi connectivity index (χ0v) is 11.6. The molecule has 0 aliphatic heterocycles. The highest BCUT2D eigenvalue weighted by atomic mass is 19.4. The molecule has 1 aromatic carbocycles. The Morgan fingerprint density at radius 2 is 2.10 bits per heavy atom. The van der Waals surface area contributed by atoms with Crippen LogP contribution in [0.25, 0.3) is 0 Å². The van der Waals surface area contributed by atoms with Gasteiger partial charge in [0.2, 0.25) is 5.91 Å². The number of benzene rings is 1. The number of hydrogen-bond donors (Lipinski definition) is 1. The summed E-state index contributed by atoms with van der Waals surface area (Å²) in [5.74, 6) is -0.621. The average Bonchev–Trinajstić information content (AvgIpc) is 2.41. The summed E-state index contributed by atoms with van der Waals surface area (Å²) >= 11 is 0. The molecule has 0 aliphatic rings. The van der Waals surface area contributed by atoms with Gasteiger partial charge in [-0.1, -0.05) is 13.3 Å². The fraction of sp³-hybridized carbons (Fsp3) is 0.429. The molecule has 0 saturated carbocycles. The number of unbranched alkanes of at least 4 members (excludes halogenated alkanes) is 1. The van der Waals surface area contributed by atoms with Crippen molar-refractivity contribution in [2.75, 3.05) is 18.0 Å². The van der Waals surface area contributed by atoms with Crippen LogP contribution >= 0.6 is 0 Å². The Morgan fingerprint density at radius 1 is 1.43 bits per heavy atom. The maximum absolute atomic E-state index is 12.9. The Kier molecular flexibility index (Phi) is 5.59. The van der Waals surface area contributed by atoms with Crippen molar-refractivity contribution in [1.82, 2.24) is 0 Å². The predicted molar refractivity (Wildman–Crippen MR) is 72.5 cm³/mol. The standard InChI is InChI=1S/C14H16F3N3O/c1-2-3-6-20(9-13(19)21)11-5-4-10(8-18)12(7-11)14(15,16)17/h4-5,7H,2-3,6,9H2,1H3,(H2,19,21). The van der Waals surface area contributed by atoms with Gasteiger partial charge in [-0.05, 0) is 24.6 Å². The minimum atomic E-state index is -4.62. The van der Waals surface area contributed by atoms with E-state index in [9.17, 15) is 18.0 Å². The molecule has 0 saturated heterocycles. The lowest BCUT2D eigenvalue weighted by Gasteiger charge is -2.24. The van der Waals surface area contributed by atoms with Crippen molar-refractivity contribution in [3.05, 3.63) is 29.3 Å². The molecule has 1 rings (SSSR count). The van der Waals surface area contributed by atoms with E-state index in [0.717, 1.165) is 18.6 Å². The van der Waals surface area contributed by atoms with E-state index < -0.39 is 23.2 Å². The number of rotatable bonds is 6. The van der Waals surface area contributed by atoms with Crippen LogP contribution in [0.5, 0.6) is 0 Å². The molecule has 1 aromatic rings. The number of alkyl halides is 3. The van der Waals surface area contributed by atoms with Gasteiger partial charge in [0.1, 0.15) is 0 Å². The summed E-state index contributed by atoms with van der Waals surface area (Å²) < 4.78 is 38.8. The number of carbonyl (C=O) groups is 1. The zero-order valence-electron chi connectivity index (χ0n) is 11.6. The van der Waals surface area contributed by atoms with Crippen LogP contribution in [0.1, 0.15) is 30.9 Å². The molecule has 0 atom stereocenters. The van der Waals surface area contributed by atoms with Crippen LogP contribution in [0.3, 0.4) is 0 Å². The Balaban J connectivity index is 3.20. The minimum absolute atomic E-state index is 0.163. The van der Waals surface area contributed by atoms with E-state index in [4.69, 9.17) is 11.0 Å². The molecule has 0 aliphatic carbocycles. The largest absolute Gasteiger partial charge is 0.417 e. The van der Waals surface area contributed by atoms with Crippen LogP contribution < -0.4 is 10.6 Å². The summed E-state index contributed by atoms with van der Waals surface area (Å²) in [6.45, 7) is 2.19. The van der Waals surface area contributed by atoms with E-state index in [-0.39, 0.29) is 12.2 Å². The van der Waals surface area contributed by atoms with Gasteiger partial charge in [-0.2, -0.15) is 18.4 Å². The van der Waals surface area contributed by atoms with Crippen molar-refractivity contribution in [2.45, 2.75) is 25.9 Å². The Hall–Kier alpha value is -2.23. The molecule has 21 heavy (non-hydrogen) atoms. The highest BCUT2D eigenvalue weighted by Crippen LogP contribution is 2.34. The predicted octanol–water partition coefficient (Wildman–Crippen LogP) is 2.67. The molecular formula is C14H16F3N3O. The van der Waals surface area contributed by atoms with Gasteiger partial charge in [-0.15, -0.1) is 0 Å². The number of nitriles is 1. The molecule has 0 spiro atoms. The van der Waals surface area contributed by atoms with Crippen molar-refractivity contribution >= 4 is 11.6 Å². The first-order chi connectivity index (χ1) is 9.79. The lowest BCUT2D eigenvalue weighted by molar-refractivity contribution is -0.137. The summed E-state index contributed by atoms with van der Waals surface area (Å²) in [7, 11) is 0. The molecule has 4 nitrogen and oxygen atoms in total. The number of hydrogen-bond acceptors (Lipinski definition) is 3. The Labute approximate surface area is 121 Å². The fourth-order valence-corrected chi connectivity index (χ4v) is 1.90. The van der Waals surface area contributed by atoms with Gasteiger partial charge in [0, 0.05) is 12.2 Å². The number of anilines is 1. The molecule has 0 aromatic heterocycles. The summed E-state index contributed by atoms with van der Waals surface area (Å²) in [6.07, 6.45) is -3.07. The maximum Gasteiger partial charge on any atom is 0.417 e. The zero-order chi connectivity index (χ0) is 16.0. The molecule has 7 heteroatoms. The van der Waals surface area contributed by atoms with Crippen molar-refractivity contribution in [3.63, 3.8) is 0 Å². The SMILES string of the molecule is CCCCN(CC(N)=O)c1ccc(C#N)c(C(F)(F)F)c1. The van der Waals surface area contributed by atoms with E-state index in [2.05, 4.69) is 0 Å². The third-order valence-electron chi connectivity index (χ3n) is 2.92. The van der Waals surface area contributed by atoms with E-state index in [1.165, 1.54) is 17.0 Å². The number of halogens is 3. The van der Waals surface area contributed by atoms with Crippen molar-refractivity contribution < 1.29 is 18.0 Å². The third-order valence-corrected chi connectivity index (χ3v) is 2.92. The molecule has 0 unspecified atom stereocenters. The fourth-order valence-electron chi connectivity index (χ4n) is 1.90. The van der Waals surface area contributed by atoms with E-state index in [1.807, 2.05) is 6.92 Å². The second-order valence-corrected chi connectivity index (χ2v) is 4.58. The molecule has 114 valence electrons. The van der Waals surface area contributed by atoms with Crippen molar-refractivity contribution in [2.24, 2.45) is 5.73 Å². The van der Waals surface area contributed by atoms with Gasteiger partial charge in [-0.25, -0.2) is 0 Å². The van der Waals surface area contributed by atoms with Gasteiger partial charge in [0.05, 0.1) is 23.7 Å². The van der Waals surface area contributed by atoms with E-state index in [0.29, 0.717) is 13.0 Å². The van der Waals surface area contributed by atoms with Crippen LogP contribution in [0.15, 0.2) is 18.2 Å². The average molecular weight is 299 g/mol. The van der Waals surface area contributed by atoms with Gasteiger partial charge in [0.25, 0.3) is 0 Å². The van der Waals surface area contributed by atoms with Crippen LogP contribution in [-0.4, -0.2) is 19.0 Å². The molecule has 2 N–H and O–H groups in total. The van der Waals surface area contributed by atoms with Gasteiger partial charge in [0.15, 0.2) is 0 Å². The van der Waals surface area contributed by atoms with Gasteiger partial charge < -0.3 is 10.6 Å². The quantitative estimate of drug-likeness (QED) is 0.878. The number of primary amides is 1. The second-order valence-electron chi connectivity index (χ2n) is 4.58. The second kappa shape index (κ2) is 6.97. The van der Waals surface area contributed by atoms with Crippen molar-refractivity contribution in [3.8, 4) is 6.07 Å². The summed E-state index contributed by atoms with van der Waals surface area (Å²) in [5.41, 5.74) is 3.91. The topological polar surface area (TPSA) is 70.1 Å². The Bertz CT molecular complexity index is 549. The van der Waals surface area contributed by atoms with Crippen LogP contribution in [0.4, 0.5) is 18.9 Å². The molecular weight excluding hydrogens is 283 g/mol. The summed E-state index contributed by atoms with van der Waals surface area (Å²) in [6, 6.07) is 4.91. The molecule has 0 fully saturated rings. The monoisotopic (exact) mass is 299 g/mol. The third kappa shape index (κ3) is 4.67. The minimum Gasteiger partial charge on any atom is -0.368 e. The van der Waals surface area contributed by atoms with E-state index >= 15 is 0 Å². The highest BCUT2D eigenvalue weighted by molar-refractivity contribution is 5.79. The van der Waals surface area contributed by atoms with Gasteiger partial charge in [-0.3, -0.25) is 4.79 Å². The number of carbonyl (C=O) groups excluding carboxylic acids is 1. The van der Waals surface area contributed by atoms with Crippen LogP contribution in [0, 0.1) is 11.3 Å². The lowest BCUT2D eigenvalue weighted by Crippen LogP contribution is -2.34. The number of nitrogens with zero attached hydrogens (tertiary/aromatic N) is 2. The number of amides is 1. The first-order valence-electron chi connectivity index (χ1n) is 6.44. The van der Waals surface area contributed by atoms with Crippen LogP contribution in [-0.2, 0) is 11.0 Å². The highest BCUT2D eigenvalue weighted by Gasteiger charge is 2.34. The van der Waals surface area contributed by atoms with E-state index in [1.54, 1.807) is 0 Å². The first kappa shape index (κ1) is 16.8. The maximum atomic E-state index is 12.9. The molecule has 0 bridgehead atoms. The lowest BCUT2D eigenvalue weighted by atomic mass is 10.1. The molecule has 1 amide bonds. The molecule has 0 heterocycles. The normalized spacial score (nSPS) is 11.0. The summed E-state index contributed by atoms with van der Waals surface area (Å²) in [5, 5.41) is 8.76. The molecule has 0 radical (unpaired) electrons.